The van der Waals surface area contributed by atoms with Crippen molar-refractivity contribution in [1.82, 2.24) is 9.99 Å². The van der Waals surface area contributed by atoms with E-state index >= 15 is 0 Å². The van der Waals surface area contributed by atoms with E-state index in [-0.39, 0.29) is 11.3 Å². The average molecular weight is 297 g/mol. The van der Waals surface area contributed by atoms with E-state index in [1.54, 1.807) is 6.21 Å². The summed E-state index contributed by atoms with van der Waals surface area (Å²) < 4.78 is 1.93. The summed E-state index contributed by atoms with van der Waals surface area (Å²) >= 11 is 0. The van der Waals surface area contributed by atoms with E-state index in [2.05, 4.69) is 43.4 Å². The SMILES string of the molecule is Cn1cccc1CC(=O)NN=Cc1ccc(C(C)(C)C)cc1. The molecule has 116 valence electrons. The molecule has 22 heavy (non-hydrogen) atoms. The first-order chi connectivity index (χ1) is 10.4. The van der Waals surface area contributed by atoms with Crippen molar-refractivity contribution in [1.29, 1.82) is 0 Å². The van der Waals surface area contributed by atoms with Crippen molar-refractivity contribution < 1.29 is 4.79 Å². The maximum Gasteiger partial charge on any atom is 0.245 e. The summed E-state index contributed by atoms with van der Waals surface area (Å²) in [6.07, 6.45) is 3.90. The fourth-order valence-electron chi connectivity index (χ4n) is 2.13. The summed E-state index contributed by atoms with van der Waals surface area (Å²) in [4.78, 5) is 11.8. The number of aromatic nitrogens is 1. The molecule has 2 rings (SSSR count). The lowest BCUT2D eigenvalue weighted by molar-refractivity contribution is -0.120. The van der Waals surface area contributed by atoms with Gasteiger partial charge in [0, 0.05) is 18.9 Å². The van der Waals surface area contributed by atoms with Crippen LogP contribution in [0.4, 0.5) is 0 Å². The molecule has 0 atom stereocenters. The van der Waals surface area contributed by atoms with Crippen LogP contribution in [0.25, 0.3) is 0 Å². The monoisotopic (exact) mass is 297 g/mol. The van der Waals surface area contributed by atoms with Crippen molar-refractivity contribution in [3.05, 3.63) is 59.4 Å². The zero-order valence-corrected chi connectivity index (χ0v) is 13.6. The van der Waals surface area contributed by atoms with Gasteiger partial charge in [0.2, 0.25) is 5.91 Å². The molecular formula is C18H23N3O. The smallest absolute Gasteiger partial charge is 0.245 e. The third-order valence-electron chi connectivity index (χ3n) is 3.57. The predicted octanol–water partition coefficient (Wildman–Crippen LogP) is 3.02. The highest BCUT2D eigenvalue weighted by Crippen LogP contribution is 2.21. The Hall–Kier alpha value is -2.36. The zero-order chi connectivity index (χ0) is 16.2. The molecule has 4 heteroatoms. The zero-order valence-electron chi connectivity index (χ0n) is 13.6. The highest BCUT2D eigenvalue weighted by molar-refractivity contribution is 5.83. The van der Waals surface area contributed by atoms with E-state index in [0.717, 1.165) is 11.3 Å². The second kappa shape index (κ2) is 6.60. The van der Waals surface area contributed by atoms with Crippen molar-refractivity contribution in [2.24, 2.45) is 12.1 Å². The largest absolute Gasteiger partial charge is 0.354 e. The standard InChI is InChI=1S/C18H23N3O/c1-18(2,3)15-9-7-14(8-10-15)13-19-20-17(22)12-16-6-5-11-21(16)4/h5-11,13H,12H2,1-4H3,(H,20,22). The molecule has 1 N–H and O–H groups in total. The molecule has 0 aliphatic rings. The molecule has 2 aromatic rings. The minimum Gasteiger partial charge on any atom is -0.354 e. The van der Waals surface area contributed by atoms with Gasteiger partial charge in [0.15, 0.2) is 0 Å². The number of rotatable bonds is 4. The van der Waals surface area contributed by atoms with E-state index < -0.39 is 0 Å². The minimum atomic E-state index is -0.121. The van der Waals surface area contributed by atoms with Gasteiger partial charge in [-0.3, -0.25) is 4.79 Å². The predicted molar refractivity (Wildman–Crippen MR) is 90.0 cm³/mol. The molecule has 0 aliphatic heterocycles. The first-order valence-corrected chi connectivity index (χ1v) is 7.39. The molecule has 4 nitrogen and oxygen atoms in total. The first-order valence-electron chi connectivity index (χ1n) is 7.39. The van der Waals surface area contributed by atoms with Crippen LogP contribution in [0.15, 0.2) is 47.7 Å². The van der Waals surface area contributed by atoms with Crippen molar-refractivity contribution >= 4 is 12.1 Å². The van der Waals surface area contributed by atoms with Gasteiger partial charge in [0.05, 0.1) is 12.6 Å². The highest BCUT2D eigenvalue weighted by atomic mass is 16.2. The quantitative estimate of drug-likeness (QED) is 0.684. The summed E-state index contributed by atoms with van der Waals surface area (Å²) in [6, 6.07) is 12.0. The maximum atomic E-state index is 11.8. The Bertz CT molecular complexity index is 660. The minimum absolute atomic E-state index is 0.121. The summed E-state index contributed by atoms with van der Waals surface area (Å²) in [7, 11) is 1.92. The van der Waals surface area contributed by atoms with Gasteiger partial charge in [-0.05, 0) is 28.7 Å². The summed E-state index contributed by atoms with van der Waals surface area (Å²) in [5, 5.41) is 4.01. The summed E-state index contributed by atoms with van der Waals surface area (Å²) in [6.45, 7) is 6.54. The number of carbonyl (C=O) groups excluding carboxylic acids is 1. The molecule has 0 spiro atoms. The Morgan fingerprint density at radius 1 is 1.23 bits per heavy atom. The topological polar surface area (TPSA) is 46.4 Å². The number of aryl methyl sites for hydroxylation is 1. The third kappa shape index (κ3) is 4.32. The van der Waals surface area contributed by atoms with Gasteiger partial charge in [0.1, 0.15) is 0 Å². The molecule has 0 unspecified atom stereocenters. The number of amides is 1. The molecule has 0 aliphatic carbocycles. The van der Waals surface area contributed by atoms with Gasteiger partial charge < -0.3 is 4.57 Å². The Morgan fingerprint density at radius 2 is 1.91 bits per heavy atom. The number of hydrogen-bond donors (Lipinski definition) is 1. The number of carbonyl (C=O) groups is 1. The van der Waals surface area contributed by atoms with Crippen LogP contribution in [0.3, 0.4) is 0 Å². The molecule has 1 aromatic carbocycles. The summed E-state index contributed by atoms with van der Waals surface area (Å²) in [5.74, 6) is -0.121. The van der Waals surface area contributed by atoms with E-state index in [9.17, 15) is 4.79 Å². The van der Waals surface area contributed by atoms with Crippen molar-refractivity contribution in [2.75, 3.05) is 0 Å². The molecule has 0 saturated carbocycles. The fourth-order valence-corrected chi connectivity index (χ4v) is 2.13. The Labute approximate surface area is 131 Å². The van der Waals surface area contributed by atoms with Crippen LogP contribution in [0.1, 0.15) is 37.6 Å². The van der Waals surface area contributed by atoms with Crippen molar-refractivity contribution in [3.8, 4) is 0 Å². The van der Waals surface area contributed by atoms with E-state index in [1.807, 2.05) is 42.1 Å². The van der Waals surface area contributed by atoms with Crippen molar-refractivity contribution in [2.45, 2.75) is 32.6 Å². The molecule has 0 radical (unpaired) electrons. The lowest BCUT2D eigenvalue weighted by Crippen LogP contribution is -2.20. The molecule has 0 fully saturated rings. The first kappa shape index (κ1) is 16.0. The molecule has 0 bridgehead atoms. The van der Waals surface area contributed by atoms with Crippen LogP contribution >= 0.6 is 0 Å². The van der Waals surface area contributed by atoms with E-state index in [0.29, 0.717) is 6.42 Å². The molecule has 1 amide bonds. The fraction of sp³-hybridized carbons (Fsp3) is 0.333. The number of nitrogens with one attached hydrogen (secondary N) is 1. The molecule has 0 saturated heterocycles. The molecule has 1 aromatic heterocycles. The number of hydrogen-bond acceptors (Lipinski definition) is 2. The Kier molecular flexibility index (Phi) is 4.81. The Morgan fingerprint density at radius 3 is 2.45 bits per heavy atom. The van der Waals surface area contributed by atoms with Gasteiger partial charge in [-0.2, -0.15) is 5.10 Å². The van der Waals surface area contributed by atoms with Crippen LogP contribution in [0.5, 0.6) is 0 Å². The van der Waals surface area contributed by atoms with E-state index in [4.69, 9.17) is 0 Å². The normalized spacial score (nSPS) is 11.8. The number of benzene rings is 1. The molecular weight excluding hydrogens is 274 g/mol. The van der Waals surface area contributed by atoms with Crippen LogP contribution in [-0.4, -0.2) is 16.7 Å². The third-order valence-corrected chi connectivity index (χ3v) is 3.57. The van der Waals surface area contributed by atoms with Gasteiger partial charge in [0.25, 0.3) is 0 Å². The van der Waals surface area contributed by atoms with Gasteiger partial charge in [-0.25, -0.2) is 5.43 Å². The van der Waals surface area contributed by atoms with Crippen LogP contribution in [0.2, 0.25) is 0 Å². The van der Waals surface area contributed by atoms with Crippen molar-refractivity contribution in [3.63, 3.8) is 0 Å². The number of hydrazone groups is 1. The van der Waals surface area contributed by atoms with E-state index in [1.165, 1.54) is 5.56 Å². The van der Waals surface area contributed by atoms with Gasteiger partial charge in [-0.15, -0.1) is 0 Å². The summed E-state index contributed by atoms with van der Waals surface area (Å²) in [5.41, 5.74) is 5.90. The average Bonchev–Trinajstić information content (AvgIpc) is 2.84. The molecule has 1 heterocycles. The lowest BCUT2D eigenvalue weighted by atomic mass is 9.87. The van der Waals surface area contributed by atoms with Gasteiger partial charge >= 0.3 is 0 Å². The highest BCUT2D eigenvalue weighted by Gasteiger charge is 2.12. The van der Waals surface area contributed by atoms with Gasteiger partial charge in [-0.1, -0.05) is 45.0 Å². The number of nitrogens with zero attached hydrogens (tertiary/aromatic N) is 2. The maximum absolute atomic E-state index is 11.8. The van der Waals surface area contributed by atoms with Crippen LogP contribution in [0, 0.1) is 0 Å². The Balaban J connectivity index is 1.89. The second-order valence-corrected chi connectivity index (χ2v) is 6.45. The lowest BCUT2D eigenvalue weighted by Gasteiger charge is -2.18. The second-order valence-electron chi connectivity index (χ2n) is 6.45. The van der Waals surface area contributed by atoms with Crippen LogP contribution < -0.4 is 5.43 Å². The van der Waals surface area contributed by atoms with Crippen LogP contribution in [-0.2, 0) is 23.7 Å².